The minimum absolute atomic E-state index is 0.0553. The lowest BCUT2D eigenvalue weighted by Crippen LogP contribution is -2.39. The van der Waals surface area contributed by atoms with Crippen LogP contribution in [0.2, 0.25) is 0 Å². The van der Waals surface area contributed by atoms with Gasteiger partial charge in [0.2, 0.25) is 0 Å². The molecule has 3 atom stereocenters. The highest BCUT2D eigenvalue weighted by Crippen LogP contribution is 2.66. The summed E-state index contributed by atoms with van der Waals surface area (Å²) in [7, 11) is -3.42. The van der Waals surface area contributed by atoms with Crippen LogP contribution in [0.3, 0.4) is 0 Å². The first-order valence-corrected chi connectivity index (χ1v) is 12.7. The van der Waals surface area contributed by atoms with Gasteiger partial charge in [-0.3, -0.25) is 4.57 Å². The number of benzene rings is 2. The third-order valence-electron chi connectivity index (χ3n) is 5.18. The zero-order valence-corrected chi connectivity index (χ0v) is 19.6. The third kappa shape index (κ3) is 4.10. The van der Waals surface area contributed by atoms with Gasteiger partial charge in [0.15, 0.2) is 0 Å². The van der Waals surface area contributed by atoms with Crippen LogP contribution in [-0.4, -0.2) is 28.9 Å². The van der Waals surface area contributed by atoms with E-state index in [9.17, 15) is 4.57 Å². The lowest BCUT2D eigenvalue weighted by molar-refractivity contribution is -0.0151. The third-order valence-corrected chi connectivity index (χ3v) is 8.56. The second-order valence-corrected chi connectivity index (χ2v) is 11.1. The van der Waals surface area contributed by atoms with E-state index in [0.29, 0.717) is 19.6 Å². The van der Waals surface area contributed by atoms with Crippen molar-refractivity contribution in [3.63, 3.8) is 0 Å². The van der Waals surface area contributed by atoms with Gasteiger partial charge in [-0.2, -0.15) is 0 Å². The minimum atomic E-state index is -3.42. The van der Waals surface area contributed by atoms with Gasteiger partial charge < -0.3 is 13.8 Å². The van der Waals surface area contributed by atoms with E-state index in [2.05, 4.69) is 29.5 Å². The van der Waals surface area contributed by atoms with E-state index >= 15 is 0 Å². The van der Waals surface area contributed by atoms with Crippen LogP contribution in [0.1, 0.15) is 38.3 Å². The first-order valence-electron chi connectivity index (χ1n) is 9.79. The maximum absolute atomic E-state index is 14.0. The lowest BCUT2D eigenvalue weighted by Gasteiger charge is -2.38. The number of alkyl halides is 1. The summed E-state index contributed by atoms with van der Waals surface area (Å²) in [5.74, 6) is 0. The van der Waals surface area contributed by atoms with E-state index in [0.717, 1.165) is 11.1 Å². The molecule has 0 saturated carbocycles. The Morgan fingerprint density at radius 3 is 1.89 bits per heavy atom. The van der Waals surface area contributed by atoms with Crippen molar-refractivity contribution in [1.29, 1.82) is 0 Å². The normalized spacial score (nSPS) is 22.9. The van der Waals surface area contributed by atoms with Crippen molar-refractivity contribution in [1.82, 2.24) is 0 Å². The second-order valence-electron chi connectivity index (χ2n) is 6.93. The number of rotatable bonds is 8. The minimum Gasteiger partial charge on any atom is -0.360 e. The van der Waals surface area contributed by atoms with Gasteiger partial charge in [-0.05, 0) is 31.4 Å². The van der Waals surface area contributed by atoms with Crippen molar-refractivity contribution < 1.29 is 18.3 Å². The molecule has 152 valence electrons. The quantitative estimate of drug-likeness (QED) is 0.240. The van der Waals surface area contributed by atoms with Crippen LogP contribution in [0.25, 0.3) is 0 Å². The molecule has 4 nitrogen and oxygen atoms in total. The van der Waals surface area contributed by atoms with E-state index in [1.54, 1.807) is 0 Å². The van der Waals surface area contributed by atoms with Gasteiger partial charge in [-0.1, -0.05) is 90.2 Å². The molecule has 6 heteroatoms. The number of hydrogen-bond acceptors (Lipinski definition) is 4. The summed E-state index contributed by atoms with van der Waals surface area (Å²) in [5, 5.41) is 0. The molecular formula is C22H28IO4P. The summed E-state index contributed by atoms with van der Waals surface area (Å²) in [6.45, 7) is 6.50. The first-order chi connectivity index (χ1) is 13.5. The molecular weight excluding hydrogens is 486 g/mol. The lowest BCUT2D eigenvalue weighted by atomic mass is 9.83. The van der Waals surface area contributed by atoms with Crippen LogP contribution in [0.5, 0.6) is 0 Å². The average molecular weight is 514 g/mol. The fourth-order valence-corrected chi connectivity index (χ4v) is 6.89. The Balaban J connectivity index is 2.25. The number of halogens is 1. The smallest absolute Gasteiger partial charge is 0.337 e. The molecule has 0 aromatic heterocycles. The van der Waals surface area contributed by atoms with Crippen LogP contribution < -0.4 is 0 Å². The van der Waals surface area contributed by atoms with Gasteiger partial charge in [0.05, 0.1) is 19.3 Å². The Kier molecular flexibility index (Phi) is 7.37. The monoisotopic (exact) mass is 514 g/mol. The molecule has 28 heavy (non-hydrogen) atoms. The van der Waals surface area contributed by atoms with Crippen molar-refractivity contribution in [2.75, 3.05) is 13.2 Å². The van der Waals surface area contributed by atoms with E-state index in [1.807, 2.05) is 74.5 Å². The zero-order valence-electron chi connectivity index (χ0n) is 16.6. The molecule has 2 aromatic carbocycles. The van der Waals surface area contributed by atoms with Crippen LogP contribution >= 0.6 is 30.2 Å². The molecule has 0 spiro atoms. The molecule has 1 fully saturated rings. The molecule has 0 amide bonds. The Morgan fingerprint density at radius 2 is 1.50 bits per heavy atom. The molecule has 0 bridgehead atoms. The highest BCUT2D eigenvalue weighted by molar-refractivity contribution is 14.1. The molecule has 0 aliphatic carbocycles. The SMILES string of the molecule is CCOP(=O)(OCC)C1CC(C(C)I)OC1(c1ccccc1)c1ccccc1. The van der Waals surface area contributed by atoms with Gasteiger partial charge >= 0.3 is 7.60 Å². The largest absolute Gasteiger partial charge is 0.360 e. The molecule has 1 saturated heterocycles. The summed E-state index contributed by atoms with van der Waals surface area (Å²) in [4.78, 5) is 0. The molecule has 3 rings (SSSR count). The Hall–Kier alpha value is -0.720. The maximum atomic E-state index is 14.0. The summed E-state index contributed by atoms with van der Waals surface area (Å²) >= 11 is 2.38. The first kappa shape index (κ1) is 22.0. The van der Waals surface area contributed by atoms with Gasteiger partial charge in [-0.25, -0.2) is 0 Å². The van der Waals surface area contributed by atoms with E-state index in [-0.39, 0.29) is 10.0 Å². The molecule has 0 N–H and O–H groups in total. The van der Waals surface area contributed by atoms with Gasteiger partial charge in [0, 0.05) is 3.92 Å². The topological polar surface area (TPSA) is 44.8 Å². The van der Waals surface area contributed by atoms with Crippen molar-refractivity contribution in [2.45, 2.75) is 48.5 Å². The molecule has 2 aromatic rings. The standard InChI is InChI=1S/C22H28IO4P/c1-4-25-28(24,26-5-2)21-16-20(17(3)23)27-22(21,18-12-8-6-9-13-18)19-14-10-7-11-15-19/h6-15,17,20-21H,4-5,16H2,1-3H3. The van der Waals surface area contributed by atoms with Crippen molar-refractivity contribution in [3.8, 4) is 0 Å². The summed E-state index contributed by atoms with van der Waals surface area (Å²) in [6.07, 6.45) is 0.561. The Morgan fingerprint density at radius 1 is 1.04 bits per heavy atom. The highest BCUT2D eigenvalue weighted by Gasteiger charge is 2.60. The van der Waals surface area contributed by atoms with Crippen LogP contribution in [0.15, 0.2) is 60.7 Å². The molecule has 0 radical (unpaired) electrons. The van der Waals surface area contributed by atoms with Crippen molar-refractivity contribution >= 4 is 30.2 Å². The molecule has 1 aliphatic rings. The van der Waals surface area contributed by atoms with Crippen LogP contribution in [0.4, 0.5) is 0 Å². The fraction of sp³-hybridized carbons (Fsp3) is 0.455. The number of ether oxygens (including phenoxy) is 1. The summed E-state index contributed by atoms with van der Waals surface area (Å²) < 4.78 is 32.7. The van der Waals surface area contributed by atoms with Gasteiger partial charge in [0.25, 0.3) is 0 Å². The van der Waals surface area contributed by atoms with E-state index in [4.69, 9.17) is 13.8 Å². The average Bonchev–Trinajstić information content (AvgIpc) is 3.13. The highest BCUT2D eigenvalue weighted by atomic mass is 127. The second kappa shape index (κ2) is 9.40. The Bertz CT molecular complexity index is 747. The van der Waals surface area contributed by atoms with Gasteiger partial charge in [-0.15, -0.1) is 0 Å². The number of hydrogen-bond donors (Lipinski definition) is 0. The predicted octanol–water partition coefficient (Wildman–Crippen LogP) is 6.18. The van der Waals surface area contributed by atoms with E-state index < -0.39 is 18.9 Å². The van der Waals surface area contributed by atoms with Crippen LogP contribution in [0, 0.1) is 0 Å². The van der Waals surface area contributed by atoms with E-state index in [1.165, 1.54) is 0 Å². The fourth-order valence-electron chi connectivity index (χ4n) is 4.02. The molecule has 1 heterocycles. The predicted molar refractivity (Wildman–Crippen MR) is 121 cm³/mol. The van der Waals surface area contributed by atoms with Crippen molar-refractivity contribution in [3.05, 3.63) is 71.8 Å². The maximum Gasteiger partial charge on any atom is 0.337 e. The zero-order chi connectivity index (χ0) is 20.2. The van der Waals surface area contributed by atoms with Gasteiger partial charge in [0.1, 0.15) is 11.3 Å². The van der Waals surface area contributed by atoms with Crippen molar-refractivity contribution in [2.24, 2.45) is 0 Å². The molecule has 1 aliphatic heterocycles. The Labute approximate surface area is 181 Å². The molecule has 3 unspecified atom stereocenters. The summed E-state index contributed by atoms with van der Waals surface area (Å²) in [5.41, 5.74) is 0.648. The van der Waals surface area contributed by atoms with Crippen LogP contribution in [-0.2, 0) is 24.0 Å². The summed E-state index contributed by atoms with van der Waals surface area (Å²) in [6, 6.07) is 20.1.